The number of hydrogen-bond donors (Lipinski definition) is 1. The molecular formula is C28H29FN4O. The van der Waals surface area contributed by atoms with Crippen LogP contribution < -0.4 is 10.5 Å². The number of fused-ring (bicyclic) bond motifs is 1. The summed E-state index contributed by atoms with van der Waals surface area (Å²) in [6, 6.07) is 19.0. The summed E-state index contributed by atoms with van der Waals surface area (Å²) < 4.78 is 22.9. The molecule has 0 bridgehead atoms. The summed E-state index contributed by atoms with van der Waals surface area (Å²) in [5.41, 5.74) is 9.33. The van der Waals surface area contributed by atoms with E-state index in [1.54, 1.807) is 41.0 Å². The molecule has 0 aliphatic rings. The summed E-state index contributed by atoms with van der Waals surface area (Å²) in [6.07, 6.45) is 7.42. The summed E-state index contributed by atoms with van der Waals surface area (Å²) in [5, 5.41) is 4.06. The Labute approximate surface area is 199 Å². The van der Waals surface area contributed by atoms with Crippen LogP contribution in [-0.4, -0.2) is 21.2 Å². The van der Waals surface area contributed by atoms with Crippen LogP contribution in [0.5, 0.6) is 5.75 Å². The lowest BCUT2D eigenvalue weighted by molar-refractivity contribution is 0.249. The summed E-state index contributed by atoms with van der Waals surface area (Å²) in [7, 11) is 0. The van der Waals surface area contributed by atoms with Gasteiger partial charge in [-0.2, -0.15) is 4.98 Å². The van der Waals surface area contributed by atoms with Crippen LogP contribution in [0.25, 0.3) is 16.8 Å². The molecule has 4 rings (SSSR count). The zero-order chi connectivity index (χ0) is 24.1. The van der Waals surface area contributed by atoms with Crippen LogP contribution in [0.3, 0.4) is 0 Å². The zero-order valence-electron chi connectivity index (χ0n) is 19.5. The summed E-state index contributed by atoms with van der Waals surface area (Å²) in [6.45, 7) is 8.66. The smallest absolute Gasteiger partial charge is 0.240 e. The molecule has 0 aliphatic heterocycles. The third-order valence-corrected chi connectivity index (χ3v) is 6.13. The average molecular weight is 457 g/mol. The number of nitrogen functional groups attached to an aromatic ring is 1. The molecular weight excluding hydrogens is 427 g/mol. The van der Waals surface area contributed by atoms with E-state index in [-0.39, 0.29) is 17.1 Å². The van der Waals surface area contributed by atoms with Gasteiger partial charge < -0.3 is 10.5 Å². The number of benzene rings is 2. The van der Waals surface area contributed by atoms with Crippen molar-refractivity contribution >= 4 is 11.6 Å². The summed E-state index contributed by atoms with van der Waals surface area (Å²) in [5.74, 6) is -0.0177. The van der Waals surface area contributed by atoms with E-state index >= 15 is 4.39 Å². The molecule has 0 amide bonds. The van der Waals surface area contributed by atoms with Gasteiger partial charge in [0.2, 0.25) is 5.95 Å². The van der Waals surface area contributed by atoms with Gasteiger partial charge in [0.05, 0.1) is 6.61 Å². The predicted molar refractivity (Wildman–Crippen MR) is 135 cm³/mol. The molecule has 2 aromatic heterocycles. The Morgan fingerprint density at radius 2 is 1.97 bits per heavy atom. The SMILES string of the molecule is C=C(C)C(/C=C/C)(CCOc1cccc(-c2ccn3nc(N)nc3c2)c1F)Cc1ccccc1. The van der Waals surface area contributed by atoms with Crippen LogP contribution in [0, 0.1) is 11.2 Å². The lowest BCUT2D eigenvalue weighted by Gasteiger charge is -2.32. The molecule has 4 aromatic rings. The normalized spacial score (nSPS) is 13.3. The summed E-state index contributed by atoms with van der Waals surface area (Å²) >= 11 is 0. The van der Waals surface area contributed by atoms with Crippen molar-refractivity contribution in [3.8, 4) is 16.9 Å². The number of hydrogen-bond acceptors (Lipinski definition) is 4. The van der Waals surface area contributed by atoms with E-state index in [9.17, 15) is 0 Å². The third-order valence-electron chi connectivity index (χ3n) is 6.13. The van der Waals surface area contributed by atoms with Crippen molar-refractivity contribution in [1.29, 1.82) is 0 Å². The van der Waals surface area contributed by atoms with Crippen LogP contribution in [0.15, 0.2) is 91.2 Å². The molecule has 2 N–H and O–H groups in total. The van der Waals surface area contributed by atoms with E-state index in [0.29, 0.717) is 29.8 Å². The molecule has 1 atom stereocenters. The maximum atomic E-state index is 15.4. The van der Waals surface area contributed by atoms with Crippen molar-refractivity contribution < 1.29 is 9.13 Å². The van der Waals surface area contributed by atoms with Gasteiger partial charge in [-0.25, -0.2) is 8.91 Å². The van der Waals surface area contributed by atoms with E-state index in [4.69, 9.17) is 10.5 Å². The number of nitrogens with zero attached hydrogens (tertiary/aromatic N) is 3. The molecule has 0 radical (unpaired) electrons. The van der Waals surface area contributed by atoms with Gasteiger partial charge in [-0.1, -0.05) is 66.8 Å². The molecule has 2 aromatic carbocycles. The van der Waals surface area contributed by atoms with Crippen molar-refractivity contribution in [3.05, 3.63) is 103 Å². The first-order valence-corrected chi connectivity index (χ1v) is 11.3. The monoisotopic (exact) mass is 456 g/mol. The van der Waals surface area contributed by atoms with E-state index in [0.717, 1.165) is 12.0 Å². The molecule has 2 heterocycles. The third kappa shape index (κ3) is 4.86. The minimum absolute atomic E-state index is 0.173. The first-order valence-electron chi connectivity index (χ1n) is 11.3. The van der Waals surface area contributed by atoms with Crippen molar-refractivity contribution in [1.82, 2.24) is 14.6 Å². The fourth-order valence-corrected chi connectivity index (χ4v) is 4.27. The molecule has 0 saturated heterocycles. The lowest BCUT2D eigenvalue weighted by Crippen LogP contribution is -2.25. The quantitative estimate of drug-likeness (QED) is 0.302. The van der Waals surface area contributed by atoms with Crippen molar-refractivity contribution in [2.45, 2.75) is 26.7 Å². The highest BCUT2D eigenvalue weighted by Gasteiger charge is 2.28. The second-order valence-electron chi connectivity index (χ2n) is 8.50. The molecule has 174 valence electrons. The molecule has 0 fully saturated rings. The highest BCUT2D eigenvalue weighted by atomic mass is 19.1. The molecule has 0 saturated carbocycles. The van der Waals surface area contributed by atoms with Crippen molar-refractivity contribution in [3.63, 3.8) is 0 Å². The largest absolute Gasteiger partial charge is 0.490 e. The topological polar surface area (TPSA) is 65.4 Å². The Hall–Kier alpha value is -3.93. The number of halogens is 1. The van der Waals surface area contributed by atoms with Gasteiger partial charge in [-0.15, -0.1) is 5.10 Å². The van der Waals surface area contributed by atoms with Crippen LogP contribution in [0.4, 0.5) is 10.3 Å². The number of anilines is 1. The molecule has 0 spiro atoms. The molecule has 6 heteroatoms. The predicted octanol–water partition coefficient (Wildman–Crippen LogP) is 6.27. The Bertz CT molecular complexity index is 1330. The van der Waals surface area contributed by atoms with Crippen LogP contribution in [-0.2, 0) is 6.42 Å². The number of rotatable bonds is 9. The molecule has 1 unspecified atom stereocenters. The molecule has 0 aliphatic carbocycles. The maximum absolute atomic E-state index is 15.4. The first-order chi connectivity index (χ1) is 16.4. The van der Waals surface area contributed by atoms with E-state index in [1.807, 2.05) is 38.1 Å². The fraction of sp³-hybridized carbons (Fsp3) is 0.214. The Kier molecular flexibility index (Phi) is 6.77. The lowest BCUT2D eigenvalue weighted by atomic mass is 9.73. The maximum Gasteiger partial charge on any atom is 0.240 e. The second kappa shape index (κ2) is 9.91. The number of aromatic nitrogens is 3. The summed E-state index contributed by atoms with van der Waals surface area (Å²) in [4.78, 5) is 4.16. The number of ether oxygens (including phenoxy) is 1. The minimum atomic E-state index is -0.408. The molecule has 5 nitrogen and oxygen atoms in total. The highest BCUT2D eigenvalue weighted by molar-refractivity contribution is 5.69. The highest BCUT2D eigenvalue weighted by Crippen LogP contribution is 2.37. The van der Waals surface area contributed by atoms with E-state index in [2.05, 4.69) is 34.9 Å². The number of nitrogens with two attached hydrogens (primary N) is 1. The van der Waals surface area contributed by atoms with Gasteiger partial charge >= 0.3 is 0 Å². The second-order valence-corrected chi connectivity index (χ2v) is 8.50. The van der Waals surface area contributed by atoms with E-state index < -0.39 is 5.82 Å². The number of allylic oxidation sites excluding steroid dienone is 3. The van der Waals surface area contributed by atoms with Gasteiger partial charge in [-0.05, 0) is 56.0 Å². The van der Waals surface area contributed by atoms with Gasteiger partial charge in [0, 0.05) is 17.2 Å². The average Bonchev–Trinajstić information content (AvgIpc) is 3.20. The fourth-order valence-electron chi connectivity index (χ4n) is 4.27. The Morgan fingerprint density at radius 1 is 1.18 bits per heavy atom. The van der Waals surface area contributed by atoms with Crippen molar-refractivity contribution in [2.24, 2.45) is 5.41 Å². The Morgan fingerprint density at radius 3 is 2.71 bits per heavy atom. The van der Waals surface area contributed by atoms with E-state index in [1.165, 1.54) is 5.56 Å². The van der Waals surface area contributed by atoms with Gasteiger partial charge in [-0.3, -0.25) is 0 Å². The van der Waals surface area contributed by atoms with Gasteiger partial charge in [0.15, 0.2) is 17.2 Å². The zero-order valence-corrected chi connectivity index (χ0v) is 19.5. The van der Waals surface area contributed by atoms with Crippen LogP contribution in [0.1, 0.15) is 25.8 Å². The van der Waals surface area contributed by atoms with Crippen LogP contribution in [0.2, 0.25) is 0 Å². The standard InChI is InChI=1S/C28H29FN4O/c1-4-14-28(20(2)3,19-21-9-6-5-7-10-21)15-17-34-24-12-8-11-23(26(24)29)22-13-16-33-25(18-22)31-27(30)32-33/h4-14,16,18H,2,15,17,19H2,1,3H3,(H2,30,32)/b14-4+. The number of pyridine rings is 1. The molecule has 34 heavy (non-hydrogen) atoms. The minimum Gasteiger partial charge on any atom is -0.490 e. The van der Waals surface area contributed by atoms with Crippen molar-refractivity contribution in [2.75, 3.05) is 12.3 Å². The van der Waals surface area contributed by atoms with Gasteiger partial charge in [0.1, 0.15) is 0 Å². The first kappa shape index (κ1) is 23.2. The van der Waals surface area contributed by atoms with Crippen LogP contribution >= 0.6 is 0 Å². The van der Waals surface area contributed by atoms with Gasteiger partial charge in [0.25, 0.3) is 0 Å². The Balaban J connectivity index is 1.54.